The molecule has 35 heavy (non-hydrogen) atoms. The fourth-order valence-corrected chi connectivity index (χ4v) is 12.9. The number of alkyl halides is 2. The van der Waals surface area contributed by atoms with Gasteiger partial charge >= 0.3 is 0 Å². The molecule has 10 heteroatoms. The van der Waals surface area contributed by atoms with Gasteiger partial charge in [-0.2, -0.15) is 0 Å². The quantitative estimate of drug-likeness (QED) is 0.0809. The van der Waals surface area contributed by atoms with Crippen molar-refractivity contribution in [2.45, 2.75) is 32.1 Å². The lowest BCUT2D eigenvalue weighted by molar-refractivity contribution is 0.0979. The molecule has 0 unspecified atom stereocenters. The van der Waals surface area contributed by atoms with Gasteiger partial charge in [0.25, 0.3) is 0 Å². The first-order valence-electron chi connectivity index (χ1n) is 11.2. The van der Waals surface area contributed by atoms with Gasteiger partial charge in [-0.05, 0) is 37.1 Å². The van der Waals surface area contributed by atoms with Crippen LogP contribution >= 0.6 is 99.9 Å². The van der Waals surface area contributed by atoms with E-state index in [0.29, 0.717) is 18.2 Å². The second kappa shape index (κ2) is 10.4. The Morgan fingerprint density at radius 2 is 1.03 bits per heavy atom. The van der Waals surface area contributed by atoms with Crippen LogP contribution in [-0.4, -0.2) is 22.2 Å². The zero-order valence-electron chi connectivity index (χ0n) is 18.3. The number of hydrogen-bond acceptors (Lipinski definition) is 8. The van der Waals surface area contributed by atoms with Gasteiger partial charge < -0.3 is 0 Å². The monoisotopic (exact) mass is 700 g/mol. The van der Waals surface area contributed by atoms with Crippen LogP contribution < -0.4 is 0 Å². The zero-order chi connectivity index (χ0) is 24.1. The molecule has 0 fully saturated rings. The first-order valence-corrected chi connectivity index (χ1v) is 18.3. The molecule has 0 saturated carbocycles. The van der Waals surface area contributed by atoms with Crippen LogP contribution in [0.15, 0.2) is 24.3 Å². The Hall–Kier alpha value is -0.460. The number of unbranched alkanes of at least 4 members (excludes halogenated alkanes) is 2. The molecule has 2 nitrogen and oxygen atoms in total. The summed E-state index contributed by atoms with van der Waals surface area (Å²) >= 11 is 17.4. The molecule has 0 bridgehead atoms. The van der Waals surface area contributed by atoms with Crippen molar-refractivity contribution in [3.63, 3.8) is 0 Å². The standard InChI is InChI=1S/C25H18Br2O2S6/c26-6-3-1-2-4-12(28)14-8-18-22(32-14)24-20(30-18)10-16(34-24)17-11-21-25(35-17)23-19(31-21)9-15(33-23)13(29)5-7-27/h8-11H,1-7H2. The average molecular weight is 703 g/mol. The molecular formula is C25H18Br2O2S6. The van der Waals surface area contributed by atoms with Crippen molar-refractivity contribution >= 4 is 149 Å². The lowest BCUT2D eigenvalue weighted by atomic mass is 10.1. The van der Waals surface area contributed by atoms with Crippen LogP contribution in [0.25, 0.3) is 47.4 Å². The second-order valence-electron chi connectivity index (χ2n) is 8.21. The molecule has 6 aromatic heterocycles. The molecule has 6 heterocycles. The van der Waals surface area contributed by atoms with Crippen LogP contribution in [0.1, 0.15) is 51.4 Å². The van der Waals surface area contributed by atoms with Crippen LogP contribution in [0, 0.1) is 0 Å². The predicted octanol–water partition coefficient (Wildman–Crippen LogP) is 11.4. The Morgan fingerprint density at radius 3 is 1.54 bits per heavy atom. The number of ketones is 2. The lowest BCUT2D eigenvalue weighted by Crippen LogP contribution is -1.95. The Bertz CT molecular complexity index is 1710. The topological polar surface area (TPSA) is 34.1 Å². The normalized spacial score (nSPS) is 12.2. The highest BCUT2D eigenvalue weighted by atomic mass is 79.9. The van der Waals surface area contributed by atoms with Gasteiger partial charge in [-0.25, -0.2) is 0 Å². The van der Waals surface area contributed by atoms with Gasteiger partial charge in [-0.3, -0.25) is 9.59 Å². The second-order valence-corrected chi connectivity index (χ2v) is 16.2. The lowest BCUT2D eigenvalue weighted by Gasteiger charge is -1.97. The van der Waals surface area contributed by atoms with Gasteiger partial charge in [-0.15, -0.1) is 68.0 Å². The van der Waals surface area contributed by atoms with Crippen LogP contribution in [0.2, 0.25) is 0 Å². The van der Waals surface area contributed by atoms with E-state index < -0.39 is 0 Å². The van der Waals surface area contributed by atoms with E-state index in [0.717, 1.165) is 34.3 Å². The highest BCUT2D eigenvalue weighted by molar-refractivity contribution is 9.09. The molecule has 0 amide bonds. The van der Waals surface area contributed by atoms with E-state index in [9.17, 15) is 9.59 Å². The van der Waals surface area contributed by atoms with Crippen molar-refractivity contribution in [1.29, 1.82) is 0 Å². The summed E-state index contributed by atoms with van der Waals surface area (Å²) in [5.74, 6) is 0.501. The number of carbonyl (C=O) groups is 2. The van der Waals surface area contributed by atoms with Crippen LogP contribution in [-0.2, 0) is 0 Å². The number of carbonyl (C=O) groups excluding carboxylic acids is 2. The Labute approximate surface area is 242 Å². The van der Waals surface area contributed by atoms with E-state index in [1.165, 1.54) is 47.4 Å². The van der Waals surface area contributed by atoms with E-state index in [2.05, 4.69) is 56.1 Å². The Balaban J connectivity index is 1.29. The average Bonchev–Trinajstić information content (AvgIpc) is 3.63. The third-order valence-corrected chi connectivity index (χ3v) is 14.6. The SMILES string of the molecule is O=C(CCBr)c1cc2sc3cc(-c4cc5sc6cc(C(=O)CCCCCBr)sc6c5s4)sc3c2s1. The van der Waals surface area contributed by atoms with E-state index in [1.54, 1.807) is 45.3 Å². The van der Waals surface area contributed by atoms with E-state index in [1.807, 2.05) is 22.7 Å². The summed E-state index contributed by atoms with van der Waals surface area (Å²) in [4.78, 5) is 29.4. The summed E-state index contributed by atoms with van der Waals surface area (Å²) in [7, 11) is 0. The third kappa shape index (κ3) is 4.67. The summed E-state index contributed by atoms with van der Waals surface area (Å²) in [5, 5.41) is 1.71. The van der Waals surface area contributed by atoms with Gasteiger partial charge in [-0.1, -0.05) is 38.3 Å². The minimum Gasteiger partial charge on any atom is -0.293 e. The molecule has 6 aromatic rings. The van der Waals surface area contributed by atoms with Gasteiger partial charge in [0.05, 0.1) is 28.6 Å². The van der Waals surface area contributed by atoms with Crippen molar-refractivity contribution in [2.75, 3.05) is 10.7 Å². The molecule has 0 aliphatic heterocycles. The summed E-state index contributed by atoms with van der Waals surface area (Å²) in [5.41, 5.74) is 0. The van der Waals surface area contributed by atoms with Gasteiger partial charge in [0.2, 0.25) is 0 Å². The van der Waals surface area contributed by atoms with E-state index in [-0.39, 0.29) is 11.6 Å². The fourth-order valence-electron chi connectivity index (χ4n) is 4.08. The highest BCUT2D eigenvalue weighted by Crippen LogP contribution is 2.50. The minimum atomic E-state index is 0.218. The number of thiophene rings is 6. The number of halogens is 2. The van der Waals surface area contributed by atoms with Crippen molar-refractivity contribution in [2.24, 2.45) is 0 Å². The smallest absolute Gasteiger partial charge is 0.173 e. The van der Waals surface area contributed by atoms with Gasteiger partial charge in [0, 0.05) is 52.1 Å². The molecule has 0 atom stereocenters. The zero-order valence-corrected chi connectivity index (χ0v) is 26.4. The molecule has 180 valence electrons. The molecule has 0 aliphatic carbocycles. The van der Waals surface area contributed by atoms with Crippen LogP contribution in [0.4, 0.5) is 0 Å². The molecule has 0 aromatic carbocycles. The number of hydrogen-bond donors (Lipinski definition) is 0. The molecule has 0 spiro atoms. The minimum absolute atomic E-state index is 0.218. The molecule has 6 rings (SSSR count). The first-order chi connectivity index (χ1) is 17.1. The molecule has 0 N–H and O–H groups in total. The van der Waals surface area contributed by atoms with E-state index in [4.69, 9.17) is 0 Å². The van der Waals surface area contributed by atoms with Crippen LogP contribution in [0.5, 0.6) is 0 Å². The Morgan fingerprint density at radius 1 is 0.543 bits per heavy atom. The first kappa shape index (κ1) is 24.9. The molecular weight excluding hydrogens is 684 g/mol. The van der Waals surface area contributed by atoms with Crippen molar-refractivity contribution in [3.8, 4) is 9.75 Å². The molecule has 0 saturated heterocycles. The summed E-state index contributed by atoms with van der Waals surface area (Å²) in [6, 6.07) is 8.79. The fraction of sp³-hybridized carbons (Fsp3) is 0.280. The van der Waals surface area contributed by atoms with E-state index >= 15 is 0 Å². The maximum atomic E-state index is 12.7. The maximum absolute atomic E-state index is 12.7. The Kier molecular flexibility index (Phi) is 7.36. The molecule has 0 aliphatic rings. The van der Waals surface area contributed by atoms with Gasteiger partial charge in [0.15, 0.2) is 11.6 Å². The van der Waals surface area contributed by atoms with Crippen molar-refractivity contribution < 1.29 is 9.59 Å². The highest BCUT2D eigenvalue weighted by Gasteiger charge is 2.20. The predicted molar refractivity (Wildman–Crippen MR) is 168 cm³/mol. The largest absolute Gasteiger partial charge is 0.293 e. The number of Topliss-reactive ketones (excluding diaryl/α,β-unsaturated/α-hetero) is 2. The summed E-state index contributed by atoms with van der Waals surface area (Å²) in [6.45, 7) is 0. The number of fused-ring (bicyclic) bond motifs is 6. The van der Waals surface area contributed by atoms with Crippen LogP contribution in [0.3, 0.4) is 0 Å². The number of rotatable bonds is 10. The van der Waals surface area contributed by atoms with Crippen molar-refractivity contribution in [3.05, 3.63) is 34.0 Å². The summed E-state index contributed by atoms with van der Waals surface area (Å²) in [6.07, 6.45) is 4.38. The third-order valence-electron chi connectivity index (χ3n) is 5.80. The molecule has 0 radical (unpaired) electrons. The van der Waals surface area contributed by atoms with Crippen molar-refractivity contribution in [1.82, 2.24) is 0 Å². The summed E-state index contributed by atoms with van der Waals surface area (Å²) < 4.78 is 10.2. The van der Waals surface area contributed by atoms with Gasteiger partial charge in [0.1, 0.15) is 0 Å². The maximum Gasteiger partial charge on any atom is 0.173 e.